The number of nitrogens with zero attached hydrogens (tertiary/aromatic N) is 5. The monoisotopic (exact) mass is 312 g/mol. The van der Waals surface area contributed by atoms with E-state index in [0.29, 0.717) is 12.2 Å². The molecule has 3 rings (SSSR count). The summed E-state index contributed by atoms with van der Waals surface area (Å²) in [5.74, 6) is 1.73. The Bertz CT molecular complexity index is 637. The molecule has 2 aromatic heterocycles. The Morgan fingerprint density at radius 2 is 2.00 bits per heavy atom. The van der Waals surface area contributed by atoms with Gasteiger partial charge in [-0.2, -0.15) is 0 Å². The first-order valence-electron chi connectivity index (χ1n) is 7.80. The number of carbonyl (C=O) groups is 1. The normalized spacial score (nSPS) is 14.7. The summed E-state index contributed by atoms with van der Waals surface area (Å²) >= 11 is 0. The molecule has 7 nitrogen and oxygen atoms in total. The van der Waals surface area contributed by atoms with Gasteiger partial charge in [0.05, 0.1) is 11.9 Å². The van der Waals surface area contributed by atoms with Gasteiger partial charge >= 0.3 is 0 Å². The van der Waals surface area contributed by atoms with E-state index in [0.717, 1.165) is 37.7 Å². The van der Waals surface area contributed by atoms with Crippen LogP contribution in [0.4, 0.5) is 17.3 Å². The first-order valence-corrected chi connectivity index (χ1v) is 7.80. The number of anilines is 3. The van der Waals surface area contributed by atoms with Crippen molar-refractivity contribution in [3.63, 3.8) is 0 Å². The summed E-state index contributed by atoms with van der Waals surface area (Å²) in [5.41, 5.74) is 0.876. The maximum Gasteiger partial charge on any atom is 0.222 e. The molecule has 23 heavy (non-hydrogen) atoms. The van der Waals surface area contributed by atoms with Gasteiger partial charge in [-0.1, -0.05) is 6.92 Å². The summed E-state index contributed by atoms with van der Waals surface area (Å²) in [6.45, 7) is 4.95. The summed E-state index contributed by atoms with van der Waals surface area (Å²) in [4.78, 5) is 19.8. The molecule has 2 aromatic rings. The number of rotatable bonds is 4. The average Bonchev–Trinajstić information content (AvgIpc) is 2.63. The van der Waals surface area contributed by atoms with Crippen molar-refractivity contribution in [1.82, 2.24) is 20.1 Å². The predicted molar refractivity (Wildman–Crippen MR) is 88.6 cm³/mol. The van der Waals surface area contributed by atoms with E-state index in [4.69, 9.17) is 0 Å². The molecular weight excluding hydrogens is 292 g/mol. The highest BCUT2D eigenvalue weighted by molar-refractivity contribution is 5.76. The van der Waals surface area contributed by atoms with Crippen molar-refractivity contribution in [2.45, 2.75) is 13.3 Å². The standard InChI is InChI=1S/C16H20N6O/c1-2-16(23)22-10-8-21(9-11-22)15-6-5-14(19-20-15)18-13-4-3-7-17-12-13/h3-7,12H,2,8-11H2,1H3,(H,18,19). The first kappa shape index (κ1) is 15.2. The fourth-order valence-corrected chi connectivity index (χ4v) is 2.55. The maximum absolute atomic E-state index is 11.7. The number of piperazine rings is 1. The third-order valence-electron chi connectivity index (χ3n) is 3.84. The number of hydrogen-bond donors (Lipinski definition) is 1. The van der Waals surface area contributed by atoms with Crippen molar-refractivity contribution in [2.24, 2.45) is 0 Å². The van der Waals surface area contributed by atoms with Gasteiger partial charge in [0.25, 0.3) is 0 Å². The third-order valence-corrected chi connectivity index (χ3v) is 3.84. The Labute approximate surface area is 135 Å². The molecule has 0 bridgehead atoms. The summed E-state index contributed by atoms with van der Waals surface area (Å²) in [7, 11) is 0. The molecule has 3 heterocycles. The van der Waals surface area contributed by atoms with Crippen LogP contribution in [0.25, 0.3) is 0 Å². The topological polar surface area (TPSA) is 74.2 Å². The van der Waals surface area contributed by atoms with Crippen molar-refractivity contribution in [3.05, 3.63) is 36.7 Å². The van der Waals surface area contributed by atoms with Gasteiger partial charge < -0.3 is 15.1 Å². The van der Waals surface area contributed by atoms with Crippen LogP contribution >= 0.6 is 0 Å². The molecule has 0 radical (unpaired) electrons. The van der Waals surface area contributed by atoms with Gasteiger partial charge in [-0.15, -0.1) is 10.2 Å². The highest BCUT2D eigenvalue weighted by Crippen LogP contribution is 2.17. The quantitative estimate of drug-likeness (QED) is 0.926. The predicted octanol–water partition coefficient (Wildman–Crippen LogP) is 1.67. The van der Waals surface area contributed by atoms with Gasteiger partial charge in [0.15, 0.2) is 11.6 Å². The molecule has 0 unspecified atom stereocenters. The van der Waals surface area contributed by atoms with Crippen LogP contribution in [0.2, 0.25) is 0 Å². The van der Waals surface area contributed by atoms with Gasteiger partial charge in [0, 0.05) is 38.8 Å². The Balaban J connectivity index is 1.59. The van der Waals surface area contributed by atoms with Gasteiger partial charge in [-0.25, -0.2) is 0 Å². The molecule has 1 amide bonds. The maximum atomic E-state index is 11.7. The molecule has 0 saturated carbocycles. The summed E-state index contributed by atoms with van der Waals surface area (Å²) in [5, 5.41) is 11.6. The molecule has 7 heteroatoms. The summed E-state index contributed by atoms with van der Waals surface area (Å²) in [6.07, 6.45) is 4.02. The van der Waals surface area contributed by atoms with Crippen molar-refractivity contribution in [3.8, 4) is 0 Å². The van der Waals surface area contributed by atoms with Crippen LogP contribution < -0.4 is 10.2 Å². The van der Waals surface area contributed by atoms with Crippen LogP contribution in [0.1, 0.15) is 13.3 Å². The molecule has 1 N–H and O–H groups in total. The van der Waals surface area contributed by atoms with E-state index in [2.05, 4.69) is 25.4 Å². The lowest BCUT2D eigenvalue weighted by Crippen LogP contribution is -2.48. The smallest absolute Gasteiger partial charge is 0.222 e. The zero-order valence-electron chi connectivity index (χ0n) is 13.1. The molecule has 120 valence electrons. The number of carbonyl (C=O) groups excluding carboxylic acids is 1. The number of aromatic nitrogens is 3. The lowest BCUT2D eigenvalue weighted by Gasteiger charge is -2.35. The lowest BCUT2D eigenvalue weighted by atomic mass is 10.3. The lowest BCUT2D eigenvalue weighted by molar-refractivity contribution is -0.131. The Hall–Kier alpha value is -2.70. The van der Waals surface area contributed by atoms with Crippen molar-refractivity contribution in [2.75, 3.05) is 36.4 Å². The van der Waals surface area contributed by atoms with E-state index in [1.165, 1.54) is 0 Å². The van der Waals surface area contributed by atoms with Crippen LogP contribution in [0.15, 0.2) is 36.7 Å². The Morgan fingerprint density at radius 1 is 1.17 bits per heavy atom. The molecule has 1 aliphatic heterocycles. The highest BCUT2D eigenvalue weighted by Gasteiger charge is 2.20. The highest BCUT2D eigenvalue weighted by atomic mass is 16.2. The summed E-state index contributed by atoms with van der Waals surface area (Å²) < 4.78 is 0. The van der Waals surface area contributed by atoms with Crippen molar-refractivity contribution in [1.29, 1.82) is 0 Å². The van der Waals surface area contributed by atoms with E-state index >= 15 is 0 Å². The van der Waals surface area contributed by atoms with E-state index < -0.39 is 0 Å². The second-order valence-electron chi connectivity index (χ2n) is 5.36. The second kappa shape index (κ2) is 7.04. The van der Waals surface area contributed by atoms with Gasteiger partial charge in [-0.05, 0) is 24.3 Å². The minimum Gasteiger partial charge on any atom is -0.352 e. The number of nitrogens with one attached hydrogen (secondary N) is 1. The van der Waals surface area contributed by atoms with E-state index in [1.54, 1.807) is 12.4 Å². The third kappa shape index (κ3) is 3.74. The van der Waals surface area contributed by atoms with Crippen LogP contribution in [-0.2, 0) is 4.79 Å². The fourth-order valence-electron chi connectivity index (χ4n) is 2.55. The molecule has 1 saturated heterocycles. The van der Waals surface area contributed by atoms with Crippen molar-refractivity contribution < 1.29 is 4.79 Å². The Morgan fingerprint density at radius 3 is 2.61 bits per heavy atom. The van der Waals surface area contributed by atoms with Gasteiger partial charge in [0.2, 0.25) is 5.91 Å². The zero-order valence-corrected chi connectivity index (χ0v) is 13.1. The molecule has 0 aliphatic carbocycles. The largest absolute Gasteiger partial charge is 0.352 e. The zero-order chi connectivity index (χ0) is 16.1. The Kier molecular flexibility index (Phi) is 4.65. The van der Waals surface area contributed by atoms with Gasteiger partial charge in [-0.3, -0.25) is 9.78 Å². The molecule has 1 fully saturated rings. The molecule has 0 aromatic carbocycles. The van der Waals surface area contributed by atoms with E-state index in [9.17, 15) is 4.79 Å². The second-order valence-corrected chi connectivity index (χ2v) is 5.36. The molecular formula is C16H20N6O. The number of amides is 1. The molecule has 1 aliphatic rings. The first-order chi connectivity index (χ1) is 11.3. The van der Waals surface area contributed by atoms with E-state index in [1.807, 2.05) is 36.1 Å². The molecule has 0 atom stereocenters. The average molecular weight is 312 g/mol. The van der Waals surface area contributed by atoms with Crippen LogP contribution in [-0.4, -0.2) is 52.2 Å². The minimum atomic E-state index is 0.215. The van der Waals surface area contributed by atoms with Gasteiger partial charge in [0.1, 0.15) is 0 Å². The van der Waals surface area contributed by atoms with Crippen LogP contribution in [0.3, 0.4) is 0 Å². The fraction of sp³-hybridized carbons (Fsp3) is 0.375. The van der Waals surface area contributed by atoms with Crippen molar-refractivity contribution >= 4 is 23.2 Å². The summed E-state index contributed by atoms with van der Waals surface area (Å²) in [6, 6.07) is 7.63. The van der Waals surface area contributed by atoms with E-state index in [-0.39, 0.29) is 5.91 Å². The number of hydrogen-bond acceptors (Lipinski definition) is 6. The minimum absolute atomic E-state index is 0.215. The molecule has 0 spiro atoms. The SMILES string of the molecule is CCC(=O)N1CCN(c2ccc(Nc3cccnc3)nn2)CC1. The van der Waals surface area contributed by atoms with Crippen LogP contribution in [0.5, 0.6) is 0 Å². The van der Waals surface area contributed by atoms with Crippen LogP contribution in [0, 0.1) is 0 Å². The number of pyridine rings is 1.